The molecule has 4 atom stereocenters. The number of hydrogen-bond acceptors (Lipinski definition) is 6. The van der Waals surface area contributed by atoms with Crippen LogP contribution in [-0.4, -0.2) is 52.6 Å². The van der Waals surface area contributed by atoms with E-state index in [2.05, 4.69) is 20.8 Å². The molecule has 2 heterocycles. The van der Waals surface area contributed by atoms with Crippen LogP contribution >= 0.6 is 15.9 Å². The van der Waals surface area contributed by atoms with Gasteiger partial charge in [0.05, 0.1) is 11.5 Å². The highest BCUT2D eigenvalue weighted by atomic mass is 79.9. The second-order valence-corrected chi connectivity index (χ2v) is 12.2. The van der Waals surface area contributed by atoms with E-state index in [0.717, 1.165) is 40.7 Å². The van der Waals surface area contributed by atoms with E-state index in [1.54, 1.807) is 6.07 Å². The fourth-order valence-corrected chi connectivity index (χ4v) is 7.86. The van der Waals surface area contributed by atoms with Crippen molar-refractivity contribution in [3.63, 3.8) is 0 Å². The smallest absolute Gasteiger partial charge is 0.306 e. The molecule has 36 heavy (non-hydrogen) atoms. The molecule has 2 bridgehead atoms. The first-order valence-electron chi connectivity index (χ1n) is 13.2. The number of likely N-dealkylation sites (tertiary alicyclic amines) is 1. The number of Topliss-reactive ketones (excluding diaryl/α,β-unsaturated/α-hetero) is 1. The van der Waals surface area contributed by atoms with Gasteiger partial charge in [-0.25, -0.2) is 0 Å². The number of aryl methyl sites for hydroxylation is 1. The maximum atomic E-state index is 13.5. The number of piperidine rings is 1. The molecular formula is C29H30BrNO5. The Morgan fingerprint density at radius 2 is 1.97 bits per heavy atom. The van der Waals surface area contributed by atoms with Crippen molar-refractivity contribution in [2.75, 3.05) is 13.1 Å². The third-order valence-electron chi connectivity index (χ3n) is 9.35. The monoisotopic (exact) mass is 551 g/mol. The Labute approximate surface area is 219 Å². The van der Waals surface area contributed by atoms with E-state index < -0.39 is 17.1 Å². The topological polar surface area (TPSA) is 76.1 Å². The summed E-state index contributed by atoms with van der Waals surface area (Å²) in [6.07, 6.45) is 4.96. The van der Waals surface area contributed by atoms with Crippen molar-refractivity contribution in [2.45, 2.75) is 74.5 Å². The van der Waals surface area contributed by atoms with Gasteiger partial charge in [0.25, 0.3) is 0 Å². The summed E-state index contributed by atoms with van der Waals surface area (Å²) < 4.78 is 14.0. The highest BCUT2D eigenvalue weighted by Gasteiger charge is 2.75. The SMILES string of the molecule is O=C(CCc1ccc(Br)cc1)O[C@@]12CCC(=O)[C@@H]3Oc4c(O)ccc5c4[C@@]31CCN(CC1CC1)C2C5. The van der Waals surface area contributed by atoms with Crippen molar-refractivity contribution in [3.8, 4) is 11.5 Å². The molecule has 188 valence electrons. The van der Waals surface area contributed by atoms with Gasteiger partial charge in [-0.15, -0.1) is 0 Å². The van der Waals surface area contributed by atoms with E-state index in [-0.39, 0.29) is 30.0 Å². The van der Waals surface area contributed by atoms with Crippen molar-refractivity contribution in [1.82, 2.24) is 4.90 Å². The van der Waals surface area contributed by atoms with Crippen molar-refractivity contribution in [3.05, 3.63) is 57.6 Å². The number of esters is 1. The molecule has 2 aliphatic heterocycles. The third-order valence-corrected chi connectivity index (χ3v) is 9.87. The summed E-state index contributed by atoms with van der Waals surface area (Å²) in [5.41, 5.74) is 1.56. The average Bonchev–Trinajstić information content (AvgIpc) is 3.61. The molecule has 3 fully saturated rings. The lowest BCUT2D eigenvalue weighted by molar-refractivity contribution is -0.216. The van der Waals surface area contributed by atoms with E-state index in [1.807, 2.05) is 30.3 Å². The number of aromatic hydroxyl groups is 1. The van der Waals surface area contributed by atoms with Gasteiger partial charge < -0.3 is 14.6 Å². The van der Waals surface area contributed by atoms with Crippen LogP contribution in [0, 0.1) is 5.92 Å². The summed E-state index contributed by atoms with van der Waals surface area (Å²) in [6, 6.07) is 11.7. The van der Waals surface area contributed by atoms with E-state index in [0.29, 0.717) is 37.4 Å². The Bertz CT molecular complexity index is 1260. The largest absolute Gasteiger partial charge is 0.504 e. The van der Waals surface area contributed by atoms with Crippen LogP contribution in [0.3, 0.4) is 0 Å². The first kappa shape index (κ1) is 22.8. The predicted molar refractivity (Wildman–Crippen MR) is 136 cm³/mol. The first-order valence-corrected chi connectivity index (χ1v) is 14.0. The molecule has 2 saturated carbocycles. The Balaban J connectivity index is 1.29. The lowest BCUT2D eigenvalue weighted by Crippen LogP contribution is -2.77. The fourth-order valence-electron chi connectivity index (χ4n) is 7.59. The minimum absolute atomic E-state index is 0.00525. The third kappa shape index (κ3) is 3.18. The summed E-state index contributed by atoms with van der Waals surface area (Å²) in [5, 5.41) is 10.7. The Morgan fingerprint density at radius 3 is 2.75 bits per heavy atom. The van der Waals surface area contributed by atoms with Crippen LogP contribution in [0.5, 0.6) is 11.5 Å². The van der Waals surface area contributed by atoms with E-state index >= 15 is 0 Å². The molecule has 1 spiro atoms. The van der Waals surface area contributed by atoms with E-state index in [9.17, 15) is 14.7 Å². The number of ether oxygens (including phenoxy) is 2. The summed E-state index contributed by atoms with van der Waals surface area (Å²) in [5.74, 6) is 1.04. The summed E-state index contributed by atoms with van der Waals surface area (Å²) in [6.45, 7) is 1.86. The maximum absolute atomic E-state index is 13.5. The molecule has 0 radical (unpaired) electrons. The molecular weight excluding hydrogens is 522 g/mol. The van der Waals surface area contributed by atoms with Gasteiger partial charge >= 0.3 is 5.97 Å². The van der Waals surface area contributed by atoms with E-state index in [1.165, 1.54) is 12.8 Å². The number of hydrogen-bond donors (Lipinski definition) is 1. The fraction of sp³-hybridized carbons (Fsp3) is 0.517. The normalized spacial score (nSPS) is 32.1. The van der Waals surface area contributed by atoms with E-state index in [4.69, 9.17) is 9.47 Å². The van der Waals surface area contributed by atoms with Gasteiger partial charge in [-0.3, -0.25) is 14.5 Å². The van der Waals surface area contributed by atoms with Crippen LogP contribution in [0.25, 0.3) is 0 Å². The standard InChI is InChI=1S/C29H30BrNO5/c30-20-7-3-17(4-8-20)5-10-24(34)36-29-12-11-22(33)27-28(29)13-14-31(16-18-1-2-18)23(29)15-19-6-9-21(32)26(35-27)25(19)28/h3-4,6-9,18,23,27,32H,1-2,5,10-16H2/t23?,27-,28-,29+/m0/s1. The van der Waals surface area contributed by atoms with Gasteiger partial charge in [0.1, 0.15) is 5.60 Å². The number of phenols is 1. The van der Waals surface area contributed by atoms with Gasteiger partial charge in [-0.1, -0.05) is 34.1 Å². The van der Waals surface area contributed by atoms with Crippen molar-refractivity contribution >= 4 is 27.7 Å². The van der Waals surface area contributed by atoms with Crippen LogP contribution < -0.4 is 4.74 Å². The van der Waals surface area contributed by atoms with Crippen molar-refractivity contribution in [2.24, 2.45) is 5.92 Å². The molecule has 1 saturated heterocycles. The summed E-state index contributed by atoms with van der Waals surface area (Å²) >= 11 is 3.46. The first-order chi connectivity index (χ1) is 17.4. The zero-order chi connectivity index (χ0) is 24.7. The predicted octanol–water partition coefficient (Wildman–Crippen LogP) is 4.47. The number of carbonyl (C=O) groups excluding carboxylic acids is 2. The van der Waals surface area contributed by atoms with Crippen LogP contribution in [0.15, 0.2) is 40.9 Å². The quantitative estimate of drug-likeness (QED) is 0.534. The number of halogens is 1. The molecule has 2 aromatic rings. The van der Waals surface area contributed by atoms with Crippen LogP contribution in [0.2, 0.25) is 0 Å². The Morgan fingerprint density at radius 1 is 1.17 bits per heavy atom. The molecule has 0 amide bonds. The number of rotatable bonds is 6. The zero-order valence-corrected chi connectivity index (χ0v) is 21.8. The lowest BCUT2D eigenvalue weighted by atomic mass is 9.48. The molecule has 6 nitrogen and oxygen atoms in total. The molecule has 5 aliphatic rings. The Hall–Kier alpha value is -2.38. The Kier molecular flexibility index (Phi) is 5.10. The molecule has 0 aromatic heterocycles. The number of nitrogens with zero attached hydrogens (tertiary/aromatic N) is 1. The molecule has 2 aromatic carbocycles. The van der Waals surface area contributed by atoms with Gasteiger partial charge in [-0.2, -0.15) is 0 Å². The second-order valence-electron chi connectivity index (χ2n) is 11.3. The molecule has 1 unspecified atom stereocenters. The molecule has 3 aliphatic carbocycles. The van der Waals surface area contributed by atoms with Crippen LogP contribution in [-0.2, 0) is 32.6 Å². The number of carbonyl (C=O) groups is 2. The van der Waals surface area contributed by atoms with Crippen molar-refractivity contribution in [1.29, 1.82) is 0 Å². The van der Waals surface area contributed by atoms with Gasteiger partial charge in [0.2, 0.25) is 0 Å². The highest BCUT2D eigenvalue weighted by molar-refractivity contribution is 9.10. The maximum Gasteiger partial charge on any atom is 0.306 e. The van der Waals surface area contributed by atoms with Crippen LogP contribution in [0.1, 0.15) is 55.2 Å². The number of benzene rings is 2. The molecule has 7 rings (SSSR count). The molecule has 1 N–H and O–H groups in total. The number of ketones is 1. The average molecular weight is 552 g/mol. The van der Waals surface area contributed by atoms with Gasteiger partial charge in [-0.05, 0) is 80.3 Å². The van der Waals surface area contributed by atoms with Gasteiger partial charge in [0.15, 0.2) is 23.4 Å². The van der Waals surface area contributed by atoms with Crippen LogP contribution in [0.4, 0.5) is 0 Å². The highest BCUT2D eigenvalue weighted by Crippen LogP contribution is 2.66. The summed E-state index contributed by atoms with van der Waals surface area (Å²) in [7, 11) is 0. The van der Waals surface area contributed by atoms with Gasteiger partial charge in [0, 0.05) is 29.4 Å². The minimum atomic E-state index is -0.832. The lowest BCUT2D eigenvalue weighted by Gasteiger charge is -2.63. The zero-order valence-electron chi connectivity index (χ0n) is 20.2. The molecule has 7 heteroatoms. The number of phenolic OH excluding ortho intramolecular Hbond substituents is 1. The minimum Gasteiger partial charge on any atom is -0.504 e. The van der Waals surface area contributed by atoms with Crippen molar-refractivity contribution < 1.29 is 24.2 Å². The second kappa shape index (κ2) is 8.06. The summed E-state index contributed by atoms with van der Waals surface area (Å²) in [4.78, 5) is 29.4.